The van der Waals surface area contributed by atoms with E-state index in [1.807, 2.05) is 33.8 Å². The first-order chi connectivity index (χ1) is 8.90. The minimum Gasteiger partial charge on any atom is -0.501 e. The third-order valence-corrected chi connectivity index (χ3v) is 1.94. The highest BCUT2D eigenvalue weighted by Crippen LogP contribution is 2.11. The summed E-state index contributed by atoms with van der Waals surface area (Å²) in [5.41, 5.74) is 0.368. The lowest BCUT2D eigenvalue weighted by Crippen LogP contribution is -2.27. The van der Waals surface area contributed by atoms with Gasteiger partial charge in [0, 0.05) is 6.20 Å². The number of ether oxygens (including phenoxy) is 2. The summed E-state index contributed by atoms with van der Waals surface area (Å²) < 4.78 is 10.2. The minimum atomic E-state index is -0.524. The number of hydrogen-bond acceptors (Lipinski definition) is 4. The average molecular weight is 264 g/mol. The number of aromatic nitrogens is 1. The molecule has 19 heavy (non-hydrogen) atoms. The van der Waals surface area contributed by atoms with Gasteiger partial charge in [0.15, 0.2) is 0 Å². The number of hydrogen-bond donors (Lipinski definition) is 1. The molecule has 0 saturated carbocycles. The van der Waals surface area contributed by atoms with Gasteiger partial charge in [-0.3, -0.25) is 5.32 Å². The maximum absolute atomic E-state index is 11.5. The van der Waals surface area contributed by atoms with E-state index in [9.17, 15) is 4.79 Å². The molecular formula is C14H20N2O3. The van der Waals surface area contributed by atoms with E-state index >= 15 is 0 Å². The van der Waals surface area contributed by atoms with Crippen LogP contribution in [0.2, 0.25) is 0 Å². The summed E-state index contributed by atoms with van der Waals surface area (Å²) in [5.74, 6) is 0.447. The first-order valence-electron chi connectivity index (χ1n) is 6.15. The normalized spacial score (nSPS) is 11.4. The van der Waals surface area contributed by atoms with Gasteiger partial charge in [0.2, 0.25) is 0 Å². The summed E-state index contributed by atoms with van der Waals surface area (Å²) in [6.07, 6.45) is 4.53. The number of amides is 1. The van der Waals surface area contributed by atoms with Gasteiger partial charge in [0.25, 0.3) is 0 Å². The lowest BCUT2D eigenvalue weighted by atomic mass is 10.2. The summed E-state index contributed by atoms with van der Waals surface area (Å²) in [6, 6.07) is 3.53. The first kappa shape index (κ1) is 15.0. The molecule has 1 aromatic rings. The average Bonchev–Trinajstić information content (AvgIpc) is 2.29. The predicted molar refractivity (Wildman–Crippen MR) is 74.8 cm³/mol. The summed E-state index contributed by atoms with van der Waals surface area (Å²) >= 11 is 0. The van der Waals surface area contributed by atoms with Crippen molar-refractivity contribution in [2.75, 3.05) is 11.9 Å². The van der Waals surface area contributed by atoms with E-state index in [-0.39, 0.29) is 0 Å². The van der Waals surface area contributed by atoms with Gasteiger partial charge in [-0.25, -0.2) is 9.78 Å². The molecule has 1 aromatic heterocycles. The zero-order valence-electron chi connectivity index (χ0n) is 11.8. The van der Waals surface area contributed by atoms with Crippen LogP contribution in [-0.2, 0) is 9.47 Å². The number of anilines is 1. The smallest absolute Gasteiger partial charge is 0.413 e. The Kier molecular flexibility index (Phi) is 5.36. The van der Waals surface area contributed by atoms with Gasteiger partial charge in [-0.15, -0.1) is 0 Å². The Labute approximate surface area is 113 Å². The molecule has 0 saturated heterocycles. The lowest BCUT2D eigenvalue weighted by Gasteiger charge is -2.19. The van der Waals surface area contributed by atoms with Gasteiger partial charge in [0.1, 0.15) is 11.4 Å². The number of carbonyl (C=O) groups excluding carboxylic acids is 1. The van der Waals surface area contributed by atoms with Crippen LogP contribution in [0.3, 0.4) is 0 Å². The summed E-state index contributed by atoms with van der Waals surface area (Å²) in [6.45, 7) is 7.96. The molecule has 0 aliphatic carbocycles. The van der Waals surface area contributed by atoms with E-state index < -0.39 is 11.7 Å². The van der Waals surface area contributed by atoms with Crippen LogP contribution in [-0.4, -0.2) is 23.3 Å². The fraction of sp³-hybridized carbons (Fsp3) is 0.429. The monoisotopic (exact) mass is 264 g/mol. The molecule has 104 valence electrons. The topological polar surface area (TPSA) is 60.5 Å². The largest absolute Gasteiger partial charge is 0.501 e. The minimum absolute atomic E-state index is 0.447. The van der Waals surface area contributed by atoms with Crippen LogP contribution < -0.4 is 5.32 Å². The Hall–Kier alpha value is -2.04. The highest BCUT2D eigenvalue weighted by molar-refractivity contribution is 5.83. The Morgan fingerprint density at radius 3 is 2.68 bits per heavy atom. The van der Waals surface area contributed by atoms with Gasteiger partial charge in [0.05, 0.1) is 12.9 Å². The lowest BCUT2D eigenvalue weighted by molar-refractivity contribution is 0.0635. The van der Waals surface area contributed by atoms with Crippen LogP contribution in [0.1, 0.15) is 33.3 Å². The molecule has 0 bridgehead atoms. The molecule has 0 spiro atoms. The molecule has 0 aliphatic heterocycles. The second-order valence-corrected chi connectivity index (χ2v) is 4.86. The Bertz CT molecular complexity index is 433. The Morgan fingerprint density at radius 1 is 1.42 bits per heavy atom. The quantitative estimate of drug-likeness (QED) is 0.846. The fourth-order valence-electron chi connectivity index (χ4n) is 1.21. The van der Waals surface area contributed by atoms with E-state index in [1.165, 1.54) is 0 Å². The van der Waals surface area contributed by atoms with Gasteiger partial charge in [-0.05, 0) is 51.5 Å². The van der Waals surface area contributed by atoms with Gasteiger partial charge < -0.3 is 9.47 Å². The number of rotatable bonds is 4. The molecule has 0 unspecified atom stereocenters. The van der Waals surface area contributed by atoms with Crippen LogP contribution in [0.5, 0.6) is 0 Å². The van der Waals surface area contributed by atoms with E-state index in [0.717, 1.165) is 5.56 Å². The maximum Gasteiger partial charge on any atom is 0.413 e. The zero-order chi connectivity index (χ0) is 14.3. The molecular weight excluding hydrogens is 244 g/mol. The fourth-order valence-corrected chi connectivity index (χ4v) is 1.21. The van der Waals surface area contributed by atoms with Crippen molar-refractivity contribution in [2.24, 2.45) is 0 Å². The third-order valence-electron chi connectivity index (χ3n) is 1.94. The molecule has 1 N–H and O–H groups in total. The zero-order valence-corrected chi connectivity index (χ0v) is 11.8. The molecule has 0 atom stereocenters. The standard InChI is InChI=1S/C14H20N2O3/c1-5-18-9-8-11-6-7-12(15-10-11)16-13(17)19-14(2,3)4/h6-10H,5H2,1-4H3,(H,15,16,17)/b9-8+. The van der Waals surface area contributed by atoms with Crippen molar-refractivity contribution in [3.05, 3.63) is 30.2 Å². The van der Waals surface area contributed by atoms with Crippen molar-refractivity contribution in [1.29, 1.82) is 0 Å². The van der Waals surface area contributed by atoms with Gasteiger partial charge in [-0.1, -0.05) is 0 Å². The Balaban J connectivity index is 2.55. The number of nitrogens with one attached hydrogen (secondary N) is 1. The van der Waals surface area contributed by atoms with Crippen molar-refractivity contribution >= 4 is 18.0 Å². The molecule has 0 fully saturated rings. The highest BCUT2D eigenvalue weighted by atomic mass is 16.6. The molecule has 0 aromatic carbocycles. The van der Waals surface area contributed by atoms with Crippen LogP contribution in [0.25, 0.3) is 6.08 Å². The van der Waals surface area contributed by atoms with E-state index in [2.05, 4.69) is 10.3 Å². The molecule has 1 amide bonds. The molecule has 0 aliphatic rings. The van der Waals surface area contributed by atoms with Crippen molar-refractivity contribution in [1.82, 2.24) is 4.98 Å². The van der Waals surface area contributed by atoms with Crippen molar-refractivity contribution < 1.29 is 14.3 Å². The molecule has 1 rings (SSSR count). The summed E-state index contributed by atoms with van der Waals surface area (Å²) in [7, 11) is 0. The third kappa shape index (κ3) is 6.45. The van der Waals surface area contributed by atoms with E-state index in [4.69, 9.17) is 9.47 Å². The summed E-state index contributed by atoms with van der Waals surface area (Å²) in [5, 5.41) is 2.57. The van der Waals surface area contributed by atoms with Gasteiger partial charge in [-0.2, -0.15) is 0 Å². The number of carbonyl (C=O) groups is 1. The van der Waals surface area contributed by atoms with Crippen molar-refractivity contribution in [3.63, 3.8) is 0 Å². The molecule has 5 nitrogen and oxygen atoms in total. The van der Waals surface area contributed by atoms with Crippen LogP contribution in [0, 0.1) is 0 Å². The van der Waals surface area contributed by atoms with Gasteiger partial charge >= 0.3 is 6.09 Å². The Morgan fingerprint density at radius 2 is 2.16 bits per heavy atom. The molecule has 5 heteroatoms. The second-order valence-electron chi connectivity index (χ2n) is 4.86. The second kappa shape index (κ2) is 6.78. The van der Waals surface area contributed by atoms with Crippen LogP contribution in [0.4, 0.5) is 10.6 Å². The maximum atomic E-state index is 11.5. The van der Waals surface area contributed by atoms with E-state index in [0.29, 0.717) is 12.4 Å². The van der Waals surface area contributed by atoms with Crippen LogP contribution >= 0.6 is 0 Å². The van der Waals surface area contributed by atoms with Crippen molar-refractivity contribution in [2.45, 2.75) is 33.3 Å². The predicted octanol–water partition coefficient (Wildman–Crippen LogP) is 3.44. The summed E-state index contributed by atoms with van der Waals surface area (Å²) in [4.78, 5) is 15.6. The van der Waals surface area contributed by atoms with E-state index in [1.54, 1.807) is 24.6 Å². The van der Waals surface area contributed by atoms with Crippen molar-refractivity contribution in [3.8, 4) is 0 Å². The first-order valence-corrected chi connectivity index (χ1v) is 6.15. The molecule has 1 heterocycles. The SMILES string of the molecule is CCO/C=C/c1ccc(NC(=O)OC(C)(C)C)nc1. The number of pyridine rings is 1. The van der Waals surface area contributed by atoms with Crippen LogP contribution in [0.15, 0.2) is 24.6 Å². The highest BCUT2D eigenvalue weighted by Gasteiger charge is 2.16. The molecule has 0 radical (unpaired) electrons. The number of nitrogens with zero attached hydrogens (tertiary/aromatic N) is 1.